The first kappa shape index (κ1) is 6.28. The molecule has 3 aliphatic rings. The maximum Gasteiger partial charge on any atom is -0.00831 e. The van der Waals surface area contributed by atoms with Gasteiger partial charge in [-0.2, -0.15) is 0 Å². The Morgan fingerprint density at radius 2 is 2.00 bits per heavy atom. The van der Waals surface area contributed by atoms with Crippen LogP contribution in [0, 0.1) is 17.3 Å². The highest BCUT2D eigenvalue weighted by Crippen LogP contribution is 2.65. The van der Waals surface area contributed by atoms with Crippen molar-refractivity contribution in [1.82, 2.24) is 0 Å². The van der Waals surface area contributed by atoms with Crippen molar-refractivity contribution >= 4 is 0 Å². The van der Waals surface area contributed by atoms with Crippen LogP contribution in [0.5, 0.6) is 0 Å². The number of rotatable bonds is 0. The van der Waals surface area contributed by atoms with Crippen molar-refractivity contribution in [2.24, 2.45) is 17.3 Å². The van der Waals surface area contributed by atoms with Gasteiger partial charge in [0.1, 0.15) is 0 Å². The van der Waals surface area contributed by atoms with Crippen LogP contribution in [-0.2, 0) is 0 Å². The van der Waals surface area contributed by atoms with Crippen molar-refractivity contribution in [1.29, 1.82) is 0 Å². The fourth-order valence-corrected chi connectivity index (χ4v) is 3.51. The molecule has 3 aliphatic carbocycles. The van der Waals surface area contributed by atoms with E-state index in [4.69, 9.17) is 0 Å². The highest BCUT2D eigenvalue weighted by Gasteiger charge is 2.54. The molecule has 0 saturated heterocycles. The Bertz CT molecular complexity index is 245. The van der Waals surface area contributed by atoms with Crippen molar-refractivity contribution in [3.8, 4) is 0 Å². The van der Waals surface area contributed by atoms with Gasteiger partial charge >= 0.3 is 0 Å². The second-order valence-electron chi connectivity index (χ2n) is 5.16. The summed E-state index contributed by atoms with van der Waals surface area (Å²) >= 11 is 0. The van der Waals surface area contributed by atoms with E-state index < -0.39 is 0 Å². The zero-order chi connectivity index (χ0) is 7.64. The van der Waals surface area contributed by atoms with Gasteiger partial charge < -0.3 is 0 Å². The van der Waals surface area contributed by atoms with E-state index in [2.05, 4.69) is 13.8 Å². The second-order valence-corrected chi connectivity index (χ2v) is 5.16. The molecule has 0 aromatic heterocycles. The third-order valence-electron chi connectivity index (χ3n) is 4.24. The molecule has 60 valence electrons. The average Bonchev–Trinajstić information content (AvgIpc) is 2.10. The van der Waals surface area contributed by atoms with Crippen LogP contribution >= 0.6 is 0 Å². The van der Waals surface area contributed by atoms with E-state index in [0.717, 1.165) is 11.8 Å². The minimum atomic E-state index is 0.657. The van der Waals surface area contributed by atoms with Crippen molar-refractivity contribution < 1.29 is 0 Å². The minimum absolute atomic E-state index is 0.657. The van der Waals surface area contributed by atoms with Gasteiger partial charge in [-0.05, 0) is 42.9 Å². The predicted octanol–water partition coefficient (Wildman–Crippen LogP) is 3.14. The summed E-state index contributed by atoms with van der Waals surface area (Å²) in [5, 5.41) is 0. The molecule has 0 heterocycles. The molecule has 0 N–H and O–H groups in total. The van der Waals surface area contributed by atoms with Crippen molar-refractivity contribution in [3.63, 3.8) is 0 Å². The lowest BCUT2D eigenvalue weighted by Gasteiger charge is -2.51. The fourth-order valence-electron chi connectivity index (χ4n) is 3.51. The summed E-state index contributed by atoms with van der Waals surface area (Å²) in [4.78, 5) is 0. The summed E-state index contributed by atoms with van der Waals surface area (Å²) in [6.45, 7) is 4.92. The van der Waals surface area contributed by atoms with Gasteiger partial charge in [-0.15, -0.1) is 0 Å². The van der Waals surface area contributed by atoms with Gasteiger partial charge in [0.2, 0.25) is 0 Å². The fraction of sp³-hybridized carbons (Fsp3) is 0.818. The van der Waals surface area contributed by atoms with Crippen LogP contribution in [-0.4, -0.2) is 0 Å². The Labute approximate surface area is 68.7 Å². The smallest absolute Gasteiger partial charge is 0.00831 e. The molecule has 0 nitrogen and oxygen atoms in total. The molecule has 0 bridgehead atoms. The van der Waals surface area contributed by atoms with Crippen LogP contribution in [0.1, 0.15) is 39.5 Å². The number of hydrogen-bond acceptors (Lipinski definition) is 0. The minimum Gasteiger partial charge on any atom is -0.0669 e. The quantitative estimate of drug-likeness (QED) is 0.463. The molecule has 3 rings (SSSR count). The number of fused-ring (bicyclic) bond motifs is 3. The Morgan fingerprint density at radius 3 is 2.55 bits per heavy atom. The molecule has 2 unspecified atom stereocenters. The third kappa shape index (κ3) is 0.544. The Morgan fingerprint density at radius 1 is 1.18 bits per heavy atom. The zero-order valence-corrected chi connectivity index (χ0v) is 7.48. The van der Waals surface area contributed by atoms with E-state index in [1.165, 1.54) is 25.7 Å². The first-order valence-electron chi connectivity index (χ1n) is 4.92. The van der Waals surface area contributed by atoms with E-state index in [0.29, 0.717) is 5.41 Å². The van der Waals surface area contributed by atoms with Gasteiger partial charge in [0, 0.05) is 0 Å². The van der Waals surface area contributed by atoms with E-state index in [-0.39, 0.29) is 0 Å². The van der Waals surface area contributed by atoms with Crippen LogP contribution < -0.4 is 0 Å². The molecule has 0 radical (unpaired) electrons. The topological polar surface area (TPSA) is 0 Å². The standard InChI is InChI=1S/C11H16/c1-11(2)6-5-9-7-3-4-8(7)10(9)11/h8,10H,3-6H2,1-2H3. The van der Waals surface area contributed by atoms with E-state index in [9.17, 15) is 0 Å². The summed E-state index contributed by atoms with van der Waals surface area (Å²) in [6, 6.07) is 0. The molecule has 0 amide bonds. The van der Waals surface area contributed by atoms with Crippen molar-refractivity contribution in [2.45, 2.75) is 39.5 Å². The van der Waals surface area contributed by atoms with E-state index in [1.54, 1.807) is 0 Å². The summed E-state index contributed by atoms with van der Waals surface area (Å²) < 4.78 is 0. The lowest BCUT2D eigenvalue weighted by molar-refractivity contribution is 0.148. The average molecular weight is 148 g/mol. The lowest BCUT2D eigenvalue weighted by Crippen LogP contribution is -2.41. The molecule has 0 spiro atoms. The third-order valence-corrected chi connectivity index (χ3v) is 4.24. The van der Waals surface area contributed by atoms with Gasteiger partial charge in [0.05, 0.1) is 0 Å². The molecule has 0 aliphatic heterocycles. The summed E-state index contributed by atoms with van der Waals surface area (Å²) in [7, 11) is 0. The maximum atomic E-state index is 2.46. The van der Waals surface area contributed by atoms with Gasteiger partial charge in [0.15, 0.2) is 0 Å². The Hall–Kier alpha value is -0.260. The first-order chi connectivity index (χ1) is 5.20. The molecular weight excluding hydrogens is 132 g/mol. The number of hydrogen-bond donors (Lipinski definition) is 0. The highest BCUT2D eigenvalue weighted by molar-refractivity contribution is 5.42. The van der Waals surface area contributed by atoms with Crippen LogP contribution in [0.15, 0.2) is 11.1 Å². The first-order valence-corrected chi connectivity index (χ1v) is 4.92. The Kier molecular flexibility index (Phi) is 0.898. The van der Waals surface area contributed by atoms with Crippen LogP contribution in [0.2, 0.25) is 0 Å². The second kappa shape index (κ2) is 1.57. The van der Waals surface area contributed by atoms with Crippen LogP contribution in [0.25, 0.3) is 0 Å². The van der Waals surface area contributed by atoms with Gasteiger partial charge in [-0.1, -0.05) is 25.0 Å². The lowest BCUT2D eigenvalue weighted by atomic mass is 9.53. The highest BCUT2D eigenvalue weighted by atomic mass is 14.6. The molecule has 0 heteroatoms. The number of allylic oxidation sites excluding steroid dienone is 2. The molecule has 0 aromatic carbocycles. The van der Waals surface area contributed by atoms with E-state index >= 15 is 0 Å². The largest absolute Gasteiger partial charge is 0.0669 e. The molecule has 0 aromatic rings. The van der Waals surface area contributed by atoms with Gasteiger partial charge in [-0.25, -0.2) is 0 Å². The normalized spacial score (nSPS) is 44.2. The molecule has 2 fully saturated rings. The monoisotopic (exact) mass is 148 g/mol. The van der Waals surface area contributed by atoms with Crippen molar-refractivity contribution in [3.05, 3.63) is 11.1 Å². The summed E-state index contributed by atoms with van der Waals surface area (Å²) in [5.41, 5.74) is 4.41. The zero-order valence-electron chi connectivity index (χ0n) is 7.48. The molecule has 11 heavy (non-hydrogen) atoms. The van der Waals surface area contributed by atoms with Gasteiger partial charge in [-0.3, -0.25) is 0 Å². The molecule has 2 saturated carbocycles. The van der Waals surface area contributed by atoms with Crippen LogP contribution in [0.4, 0.5) is 0 Å². The van der Waals surface area contributed by atoms with Gasteiger partial charge in [0.25, 0.3) is 0 Å². The van der Waals surface area contributed by atoms with Crippen LogP contribution in [0.3, 0.4) is 0 Å². The Balaban J connectivity index is 2.03. The van der Waals surface area contributed by atoms with Crippen molar-refractivity contribution in [2.75, 3.05) is 0 Å². The maximum absolute atomic E-state index is 2.46. The summed E-state index contributed by atoms with van der Waals surface area (Å²) in [5.74, 6) is 2.08. The predicted molar refractivity (Wildman–Crippen MR) is 46.3 cm³/mol. The molecular formula is C11H16. The SMILES string of the molecule is CC1(C)CCC2=C3CCC3C21. The molecule has 2 atom stereocenters. The summed E-state index contributed by atoms with van der Waals surface area (Å²) in [6.07, 6.45) is 5.84. The van der Waals surface area contributed by atoms with E-state index in [1.807, 2.05) is 11.1 Å².